The molecule has 0 saturated heterocycles. The Labute approximate surface area is 125 Å². The lowest BCUT2D eigenvalue weighted by Gasteiger charge is -2.16. The predicted octanol–water partition coefficient (Wildman–Crippen LogP) is 5.16. The first-order valence-electron chi connectivity index (χ1n) is 6.82. The molecule has 3 heteroatoms. The van der Waals surface area contributed by atoms with E-state index >= 15 is 0 Å². The van der Waals surface area contributed by atoms with Gasteiger partial charge in [-0.15, -0.1) is 0 Å². The van der Waals surface area contributed by atoms with E-state index in [1.54, 1.807) is 0 Å². The van der Waals surface area contributed by atoms with Gasteiger partial charge >= 0.3 is 0 Å². The number of hydrogen-bond acceptors (Lipinski definition) is 2. The molecule has 0 fully saturated rings. The van der Waals surface area contributed by atoms with E-state index in [4.69, 9.17) is 22.1 Å². The van der Waals surface area contributed by atoms with Gasteiger partial charge in [0.2, 0.25) is 0 Å². The van der Waals surface area contributed by atoms with Crippen LogP contribution >= 0.6 is 11.6 Å². The molecule has 2 N–H and O–H groups in total. The highest BCUT2D eigenvalue weighted by molar-refractivity contribution is 6.32. The van der Waals surface area contributed by atoms with Gasteiger partial charge in [0.05, 0.1) is 0 Å². The highest BCUT2D eigenvalue weighted by Crippen LogP contribution is 2.32. The summed E-state index contributed by atoms with van der Waals surface area (Å²) in [6.07, 6.45) is 0.874. The molecule has 0 spiro atoms. The summed E-state index contributed by atoms with van der Waals surface area (Å²) in [6.45, 7) is 6.02. The molecule has 0 radical (unpaired) electrons. The van der Waals surface area contributed by atoms with E-state index in [0.717, 1.165) is 39.6 Å². The first-order chi connectivity index (χ1) is 9.52. The summed E-state index contributed by atoms with van der Waals surface area (Å²) in [5.74, 6) is 1.60. The molecular formula is C17H20ClNO. The van der Waals surface area contributed by atoms with Gasteiger partial charge in [0.25, 0.3) is 0 Å². The molecule has 0 amide bonds. The van der Waals surface area contributed by atoms with E-state index in [9.17, 15) is 0 Å². The number of para-hydroxylation sites is 1. The van der Waals surface area contributed by atoms with Crippen molar-refractivity contribution in [3.05, 3.63) is 58.1 Å². The van der Waals surface area contributed by atoms with Crippen molar-refractivity contribution in [3.8, 4) is 11.5 Å². The van der Waals surface area contributed by atoms with Crippen molar-refractivity contribution < 1.29 is 4.74 Å². The molecule has 0 aliphatic rings. The van der Waals surface area contributed by atoms with Crippen molar-refractivity contribution >= 4 is 11.6 Å². The number of ether oxygens (including phenoxy) is 1. The molecule has 2 aromatic carbocycles. The maximum absolute atomic E-state index is 6.18. The molecule has 0 aromatic heterocycles. The van der Waals surface area contributed by atoms with E-state index in [2.05, 4.69) is 6.92 Å². The van der Waals surface area contributed by atoms with E-state index < -0.39 is 0 Å². The summed E-state index contributed by atoms with van der Waals surface area (Å²) in [5, 5.41) is 0.788. The van der Waals surface area contributed by atoms with Crippen LogP contribution in [0.4, 0.5) is 0 Å². The Balaban J connectivity index is 2.35. The Morgan fingerprint density at radius 3 is 2.35 bits per heavy atom. The average Bonchev–Trinajstić information content (AvgIpc) is 2.44. The van der Waals surface area contributed by atoms with E-state index in [0.29, 0.717) is 0 Å². The molecule has 2 rings (SSSR count). The van der Waals surface area contributed by atoms with Crippen LogP contribution in [0.3, 0.4) is 0 Å². The summed E-state index contributed by atoms with van der Waals surface area (Å²) in [4.78, 5) is 0. The van der Waals surface area contributed by atoms with Gasteiger partial charge in [-0.2, -0.15) is 0 Å². The second kappa shape index (κ2) is 6.29. The smallest absolute Gasteiger partial charge is 0.132 e. The zero-order valence-electron chi connectivity index (χ0n) is 12.1. The molecule has 1 atom stereocenters. The number of aryl methyl sites for hydroxylation is 2. The summed E-state index contributed by atoms with van der Waals surface area (Å²) in [5.41, 5.74) is 9.19. The lowest BCUT2D eigenvalue weighted by Crippen LogP contribution is -2.09. The minimum Gasteiger partial charge on any atom is -0.457 e. The summed E-state index contributed by atoms with van der Waals surface area (Å²) < 4.78 is 6.01. The first kappa shape index (κ1) is 14.9. The molecule has 0 saturated carbocycles. The monoisotopic (exact) mass is 289 g/mol. The topological polar surface area (TPSA) is 35.2 Å². The zero-order valence-corrected chi connectivity index (χ0v) is 12.9. The molecule has 20 heavy (non-hydrogen) atoms. The number of halogens is 1. The fourth-order valence-corrected chi connectivity index (χ4v) is 2.30. The third-order valence-electron chi connectivity index (χ3n) is 3.40. The fraction of sp³-hybridized carbons (Fsp3) is 0.294. The molecule has 2 nitrogen and oxygen atoms in total. The second-order valence-electron chi connectivity index (χ2n) is 5.03. The van der Waals surface area contributed by atoms with Crippen LogP contribution in [0.2, 0.25) is 5.02 Å². The lowest BCUT2D eigenvalue weighted by molar-refractivity contribution is 0.468. The number of hydrogen-bond donors (Lipinski definition) is 1. The molecular weight excluding hydrogens is 270 g/mol. The molecule has 0 heterocycles. The van der Waals surface area contributed by atoms with Gasteiger partial charge in [0.15, 0.2) is 0 Å². The van der Waals surface area contributed by atoms with Crippen molar-refractivity contribution in [2.24, 2.45) is 5.73 Å². The van der Waals surface area contributed by atoms with Crippen LogP contribution in [-0.2, 0) is 0 Å². The Morgan fingerprint density at radius 1 is 1.15 bits per heavy atom. The van der Waals surface area contributed by atoms with Crippen LogP contribution in [-0.4, -0.2) is 0 Å². The van der Waals surface area contributed by atoms with Gasteiger partial charge in [-0.1, -0.05) is 36.7 Å². The molecule has 2 aromatic rings. The maximum Gasteiger partial charge on any atom is 0.132 e. The minimum absolute atomic E-state index is 0.0132. The molecule has 1 unspecified atom stereocenters. The van der Waals surface area contributed by atoms with Crippen molar-refractivity contribution in [2.75, 3.05) is 0 Å². The van der Waals surface area contributed by atoms with Crippen molar-refractivity contribution in [1.82, 2.24) is 0 Å². The maximum atomic E-state index is 6.18. The van der Waals surface area contributed by atoms with Crippen molar-refractivity contribution in [3.63, 3.8) is 0 Å². The van der Waals surface area contributed by atoms with Gasteiger partial charge in [0, 0.05) is 16.6 Å². The Morgan fingerprint density at radius 2 is 1.75 bits per heavy atom. The SMILES string of the molecule is CCC(N)c1ccccc1Oc1cc(C)c(Cl)c(C)c1. The zero-order chi connectivity index (χ0) is 14.7. The van der Waals surface area contributed by atoms with Gasteiger partial charge in [-0.25, -0.2) is 0 Å². The second-order valence-corrected chi connectivity index (χ2v) is 5.40. The van der Waals surface area contributed by atoms with E-state index in [1.165, 1.54) is 0 Å². The van der Waals surface area contributed by atoms with E-state index in [-0.39, 0.29) is 6.04 Å². The lowest BCUT2D eigenvalue weighted by atomic mass is 10.0. The summed E-state index contributed by atoms with van der Waals surface area (Å²) in [6, 6.07) is 11.8. The van der Waals surface area contributed by atoms with Crippen LogP contribution in [0.15, 0.2) is 36.4 Å². The fourth-order valence-electron chi connectivity index (χ4n) is 2.19. The average molecular weight is 290 g/mol. The van der Waals surface area contributed by atoms with Crippen LogP contribution in [0.5, 0.6) is 11.5 Å². The third kappa shape index (κ3) is 3.14. The van der Waals surface area contributed by atoms with Crippen molar-refractivity contribution in [1.29, 1.82) is 0 Å². The Bertz CT molecular complexity index is 587. The number of benzene rings is 2. The normalized spacial score (nSPS) is 12.2. The molecule has 0 aliphatic heterocycles. The minimum atomic E-state index is -0.0132. The largest absolute Gasteiger partial charge is 0.457 e. The van der Waals surface area contributed by atoms with Crippen molar-refractivity contribution in [2.45, 2.75) is 33.2 Å². The third-order valence-corrected chi connectivity index (χ3v) is 3.99. The highest BCUT2D eigenvalue weighted by Gasteiger charge is 2.11. The van der Waals surface area contributed by atoms with Crippen LogP contribution in [0.25, 0.3) is 0 Å². The highest BCUT2D eigenvalue weighted by atomic mass is 35.5. The predicted molar refractivity (Wildman–Crippen MR) is 84.7 cm³/mol. The van der Waals surface area contributed by atoms with Gasteiger partial charge in [0.1, 0.15) is 11.5 Å². The summed E-state index contributed by atoms with van der Waals surface area (Å²) >= 11 is 6.18. The standard InChI is InChI=1S/C17H20ClNO/c1-4-15(19)14-7-5-6-8-16(14)20-13-9-11(2)17(18)12(3)10-13/h5-10,15H,4,19H2,1-3H3. The summed E-state index contributed by atoms with van der Waals surface area (Å²) in [7, 11) is 0. The first-order valence-corrected chi connectivity index (χ1v) is 7.19. The quantitative estimate of drug-likeness (QED) is 0.844. The van der Waals surface area contributed by atoms with Gasteiger partial charge in [-0.3, -0.25) is 0 Å². The molecule has 0 aliphatic carbocycles. The number of rotatable bonds is 4. The van der Waals surface area contributed by atoms with Gasteiger partial charge in [-0.05, 0) is 49.6 Å². The van der Waals surface area contributed by atoms with Gasteiger partial charge < -0.3 is 10.5 Å². The number of nitrogens with two attached hydrogens (primary N) is 1. The van der Waals surface area contributed by atoms with E-state index in [1.807, 2.05) is 50.2 Å². The van der Waals surface area contributed by atoms with Crippen LogP contribution in [0.1, 0.15) is 36.1 Å². The Kier molecular flexibility index (Phi) is 4.69. The molecule has 106 valence electrons. The van der Waals surface area contributed by atoms with Crippen LogP contribution < -0.4 is 10.5 Å². The van der Waals surface area contributed by atoms with Crippen LogP contribution in [0, 0.1) is 13.8 Å². The molecule has 0 bridgehead atoms. The Hall–Kier alpha value is -1.51.